The van der Waals surface area contributed by atoms with Gasteiger partial charge in [0.1, 0.15) is 0 Å². The van der Waals surface area contributed by atoms with Crippen molar-refractivity contribution in [3.05, 3.63) is 137 Å². The molecular weight excluding hydrogens is 562 g/mol. The molecule has 2 aliphatic rings. The molecule has 3 N–H and O–H groups in total. The Hall–Kier alpha value is -4.33. The highest BCUT2D eigenvalue weighted by Crippen LogP contribution is 2.33. The molecule has 6 rings (SSSR count). The molecule has 0 bridgehead atoms. The van der Waals surface area contributed by atoms with Crippen LogP contribution >= 0.6 is 0 Å². The largest absolute Gasteiger partial charge is 0.391 e. The van der Waals surface area contributed by atoms with Crippen molar-refractivity contribution in [2.75, 3.05) is 6.54 Å². The number of fused-ring (bicyclic) bond motifs is 1. The first-order valence-electron chi connectivity index (χ1n) is 16.0. The second-order valence-electron chi connectivity index (χ2n) is 12.6. The number of carbonyl (C=O) groups is 2. The quantitative estimate of drug-likeness (QED) is 0.222. The Bertz CT molecular complexity index is 1570. The van der Waals surface area contributed by atoms with Crippen LogP contribution in [0, 0.1) is 11.8 Å². The Morgan fingerprint density at radius 3 is 2.31 bits per heavy atom. The maximum atomic E-state index is 13.8. The lowest BCUT2D eigenvalue weighted by Crippen LogP contribution is -2.43. The monoisotopic (exact) mass is 603 g/mol. The molecule has 1 aliphatic carbocycles. The van der Waals surface area contributed by atoms with Crippen LogP contribution in [0.25, 0.3) is 0 Å². The van der Waals surface area contributed by atoms with E-state index in [2.05, 4.69) is 22.4 Å². The number of nitrogens with zero attached hydrogens (tertiary/aromatic N) is 2. The third kappa shape index (κ3) is 7.49. The van der Waals surface area contributed by atoms with E-state index in [4.69, 9.17) is 0 Å². The SMILES string of the molecule is O=C(N[C@H]1c2ccccc2C[C@H]1O)C(Cc1ccccc1)CC(O)CN1C(=O)C(Cc2cccnc2)C[C@@H]1Cc1ccccc1. The number of nitrogens with one attached hydrogen (secondary N) is 1. The summed E-state index contributed by atoms with van der Waals surface area (Å²) in [6, 6.07) is 31.1. The summed E-state index contributed by atoms with van der Waals surface area (Å²) in [6.45, 7) is 0.160. The second kappa shape index (κ2) is 14.2. The molecule has 1 fully saturated rings. The first kappa shape index (κ1) is 30.7. The van der Waals surface area contributed by atoms with Gasteiger partial charge >= 0.3 is 0 Å². The number of aromatic nitrogens is 1. The molecule has 0 spiro atoms. The van der Waals surface area contributed by atoms with E-state index in [-0.39, 0.29) is 36.7 Å². The number of pyridine rings is 1. The highest BCUT2D eigenvalue weighted by Gasteiger charge is 2.41. The van der Waals surface area contributed by atoms with Gasteiger partial charge in [-0.3, -0.25) is 14.6 Å². The van der Waals surface area contributed by atoms with Crippen molar-refractivity contribution in [2.45, 2.75) is 62.8 Å². The molecule has 3 aromatic carbocycles. The lowest BCUT2D eigenvalue weighted by Gasteiger charge is -2.29. The van der Waals surface area contributed by atoms with Crippen molar-refractivity contribution in [3.63, 3.8) is 0 Å². The predicted molar refractivity (Wildman–Crippen MR) is 173 cm³/mol. The van der Waals surface area contributed by atoms with E-state index in [1.807, 2.05) is 96.0 Å². The Kier molecular flexibility index (Phi) is 9.67. The second-order valence-corrected chi connectivity index (χ2v) is 12.6. The highest BCUT2D eigenvalue weighted by molar-refractivity contribution is 5.82. The molecule has 4 aromatic rings. The number of carbonyl (C=O) groups excluding carboxylic acids is 2. The summed E-state index contributed by atoms with van der Waals surface area (Å²) in [4.78, 5) is 33.7. The highest BCUT2D eigenvalue weighted by atomic mass is 16.3. The van der Waals surface area contributed by atoms with Crippen LogP contribution in [0.15, 0.2) is 109 Å². The molecule has 0 radical (unpaired) electrons. The van der Waals surface area contributed by atoms with Crippen LogP contribution in [0.3, 0.4) is 0 Å². The Labute approximate surface area is 265 Å². The standard InChI is InChI=1S/C38H41N3O4/c42-33(25-41-32(20-27-12-5-2-6-13-27)21-31(38(41)45)19-28-14-9-17-39-24-28)22-30(18-26-10-3-1-4-11-26)37(44)40-36-34-16-8-7-15-29(34)23-35(36)43/h1-17,24,30-33,35-36,42-43H,18-23,25H2,(H,40,44)/t30?,31?,32-,33?,35+,36-/m0/s1. The van der Waals surface area contributed by atoms with Crippen LogP contribution < -0.4 is 5.32 Å². The first-order valence-corrected chi connectivity index (χ1v) is 16.0. The van der Waals surface area contributed by atoms with E-state index in [0.717, 1.165) is 27.8 Å². The molecule has 2 heterocycles. The summed E-state index contributed by atoms with van der Waals surface area (Å²) in [5, 5.41) is 25.4. The minimum atomic E-state index is -0.899. The minimum absolute atomic E-state index is 0.0357. The van der Waals surface area contributed by atoms with Gasteiger partial charge in [0.25, 0.3) is 0 Å². The number of likely N-dealkylation sites (tertiary alicyclic amines) is 1. The predicted octanol–water partition coefficient (Wildman–Crippen LogP) is 4.47. The number of aliphatic hydroxyl groups excluding tert-OH is 2. The molecule has 7 heteroatoms. The fourth-order valence-electron chi connectivity index (χ4n) is 7.09. The molecule has 1 saturated heterocycles. The molecule has 232 valence electrons. The van der Waals surface area contributed by atoms with Crippen molar-refractivity contribution in [3.8, 4) is 0 Å². The molecule has 1 aliphatic heterocycles. The summed E-state index contributed by atoms with van der Waals surface area (Å²) in [5.74, 6) is -0.906. The summed E-state index contributed by atoms with van der Waals surface area (Å²) in [6.07, 6.45) is 5.08. The van der Waals surface area contributed by atoms with Crippen LogP contribution in [0.4, 0.5) is 0 Å². The van der Waals surface area contributed by atoms with E-state index in [0.29, 0.717) is 32.1 Å². The topological polar surface area (TPSA) is 103 Å². The van der Waals surface area contributed by atoms with Gasteiger partial charge in [0.05, 0.1) is 18.2 Å². The fourth-order valence-corrected chi connectivity index (χ4v) is 7.09. The van der Waals surface area contributed by atoms with Crippen LogP contribution in [-0.2, 0) is 35.3 Å². The van der Waals surface area contributed by atoms with Crippen LogP contribution in [-0.4, -0.2) is 56.7 Å². The lowest BCUT2D eigenvalue weighted by atomic mass is 9.91. The summed E-state index contributed by atoms with van der Waals surface area (Å²) >= 11 is 0. The average Bonchev–Trinajstić information content (AvgIpc) is 3.52. The maximum absolute atomic E-state index is 13.8. The first-order chi connectivity index (χ1) is 21.9. The number of amides is 2. The van der Waals surface area contributed by atoms with Crippen LogP contribution in [0.2, 0.25) is 0 Å². The van der Waals surface area contributed by atoms with Gasteiger partial charge in [-0.05, 0) is 66.0 Å². The fraction of sp³-hybridized carbons (Fsp3) is 0.342. The summed E-state index contributed by atoms with van der Waals surface area (Å²) in [7, 11) is 0. The lowest BCUT2D eigenvalue weighted by molar-refractivity contribution is -0.133. The maximum Gasteiger partial charge on any atom is 0.226 e. The van der Waals surface area contributed by atoms with Crippen molar-refractivity contribution < 1.29 is 19.8 Å². The van der Waals surface area contributed by atoms with Crippen LogP contribution in [0.1, 0.15) is 46.7 Å². The van der Waals surface area contributed by atoms with Crippen molar-refractivity contribution in [1.82, 2.24) is 15.2 Å². The number of hydrogen-bond donors (Lipinski definition) is 3. The zero-order valence-electron chi connectivity index (χ0n) is 25.4. The third-order valence-corrected chi connectivity index (χ3v) is 9.31. The molecule has 45 heavy (non-hydrogen) atoms. The van der Waals surface area contributed by atoms with Gasteiger partial charge in [0.2, 0.25) is 11.8 Å². The van der Waals surface area contributed by atoms with Gasteiger partial charge in [-0.15, -0.1) is 0 Å². The zero-order valence-corrected chi connectivity index (χ0v) is 25.4. The number of rotatable bonds is 12. The molecule has 6 atom stereocenters. The normalized spacial score (nSPS) is 22.2. The van der Waals surface area contributed by atoms with E-state index < -0.39 is 24.2 Å². The average molecular weight is 604 g/mol. The van der Waals surface area contributed by atoms with E-state index in [9.17, 15) is 19.8 Å². The van der Waals surface area contributed by atoms with E-state index >= 15 is 0 Å². The van der Waals surface area contributed by atoms with E-state index in [1.165, 1.54) is 0 Å². The van der Waals surface area contributed by atoms with Crippen molar-refractivity contribution in [2.24, 2.45) is 11.8 Å². The number of β-amino-alcohol motifs (C(OH)–C–C–N with tert-alkyl or cyclic N) is 1. The molecular formula is C38H41N3O4. The zero-order chi connectivity index (χ0) is 31.2. The van der Waals surface area contributed by atoms with Gasteiger partial charge in [0, 0.05) is 43.2 Å². The smallest absolute Gasteiger partial charge is 0.226 e. The Balaban J connectivity index is 1.18. The van der Waals surface area contributed by atoms with Crippen LogP contribution in [0.5, 0.6) is 0 Å². The van der Waals surface area contributed by atoms with E-state index in [1.54, 1.807) is 6.20 Å². The Morgan fingerprint density at radius 2 is 1.58 bits per heavy atom. The van der Waals surface area contributed by atoms with Crippen molar-refractivity contribution in [1.29, 1.82) is 0 Å². The van der Waals surface area contributed by atoms with Gasteiger partial charge in [-0.2, -0.15) is 0 Å². The molecule has 1 aromatic heterocycles. The molecule has 7 nitrogen and oxygen atoms in total. The third-order valence-electron chi connectivity index (χ3n) is 9.31. The molecule has 2 amide bonds. The molecule has 0 saturated carbocycles. The summed E-state index contributed by atoms with van der Waals surface area (Å²) in [5.41, 5.74) is 5.13. The Morgan fingerprint density at radius 1 is 0.889 bits per heavy atom. The van der Waals surface area contributed by atoms with Gasteiger partial charge < -0.3 is 20.4 Å². The molecule has 3 unspecified atom stereocenters. The number of aliphatic hydroxyl groups is 2. The number of benzene rings is 3. The van der Waals surface area contributed by atoms with Gasteiger partial charge in [0.15, 0.2) is 0 Å². The van der Waals surface area contributed by atoms with Gasteiger partial charge in [-0.1, -0.05) is 91.0 Å². The summed E-state index contributed by atoms with van der Waals surface area (Å²) < 4.78 is 0. The van der Waals surface area contributed by atoms with Crippen molar-refractivity contribution >= 4 is 11.8 Å². The number of hydrogen-bond acceptors (Lipinski definition) is 5. The minimum Gasteiger partial charge on any atom is -0.391 e. The van der Waals surface area contributed by atoms with Gasteiger partial charge in [-0.25, -0.2) is 0 Å².